The van der Waals surface area contributed by atoms with E-state index >= 15 is 0 Å². The minimum absolute atomic E-state index is 0.0265. The molecule has 3 saturated heterocycles. The molecule has 0 radical (unpaired) electrons. The molecule has 3 N–H and O–H groups in total. The molecule has 0 aromatic heterocycles. The highest BCUT2D eigenvalue weighted by atomic mass is 15.3. The van der Waals surface area contributed by atoms with Crippen LogP contribution in [-0.2, 0) is 0 Å². The smallest absolute Gasteiger partial charge is 0.115 e. The zero-order chi connectivity index (χ0) is 13.5. The van der Waals surface area contributed by atoms with Crippen LogP contribution in [0.15, 0.2) is 60.9 Å². The van der Waals surface area contributed by atoms with Crippen LogP contribution in [0.2, 0.25) is 0 Å². The highest BCUT2D eigenvalue weighted by Crippen LogP contribution is 2.57. The summed E-state index contributed by atoms with van der Waals surface area (Å²) < 4.78 is 0. The molecule has 0 bridgehead atoms. The fourth-order valence-corrected chi connectivity index (χ4v) is 3.95. The van der Waals surface area contributed by atoms with E-state index in [9.17, 15) is 0 Å². The fraction of sp³-hybridized carbons (Fsp3) is 0.375. The van der Waals surface area contributed by atoms with Gasteiger partial charge in [-0.3, -0.25) is 5.32 Å². The number of rotatable bonds is 2. The maximum absolute atomic E-state index is 4.34. The summed E-state index contributed by atoms with van der Waals surface area (Å²) in [7, 11) is 0. The monoisotopic (exact) mass is 255 g/mol. The second-order valence-corrected chi connectivity index (χ2v) is 5.45. The quantitative estimate of drug-likeness (QED) is 0.656. The lowest BCUT2D eigenvalue weighted by molar-refractivity contribution is 0.191. The van der Waals surface area contributed by atoms with Crippen molar-refractivity contribution in [3.8, 4) is 0 Å². The van der Waals surface area contributed by atoms with E-state index in [1.54, 1.807) is 0 Å². The minimum atomic E-state index is -0.147. The topological polar surface area (TPSA) is 36.1 Å². The van der Waals surface area contributed by atoms with E-state index < -0.39 is 0 Å². The van der Waals surface area contributed by atoms with Crippen molar-refractivity contribution in [2.45, 2.75) is 12.1 Å². The minimum Gasteiger partial charge on any atom is -0.365 e. The first kappa shape index (κ1) is 12.5. The number of hydrogen-bond acceptors (Lipinski definition) is 3. The van der Waals surface area contributed by atoms with Gasteiger partial charge in [0.2, 0.25) is 0 Å². The third-order valence-corrected chi connectivity index (χ3v) is 4.65. The molecular formula is C16H21N3. The Morgan fingerprint density at radius 1 is 1.16 bits per heavy atom. The SMILES string of the molecule is C=CC=C1/C(=C\C=C)N[C@@]23CNCC(=C)[C@@]12CCN3. The van der Waals surface area contributed by atoms with Crippen LogP contribution >= 0.6 is 0 Å². The van der Waals surface area contributed by atoms with Gasteiger partial charge in [0.25, 0.3) is 0 Å². The Morgan fingerprint density at radius 3 is 2.68 bits per heavy atom. The first-order valence-corrected chi connectivity index (χ1v) is 6.79. The van der Waals surface area contributed by atoms with Crippen molar-refractivity contribution in [2.75, 3.05) is 19.6 Å². The molecule has 0 amide bonds. The molecule has 3 fully saturated rings. The third kappa shape index (κ3) is 1.40. The second kappa shape index (κ2) is 4.22. The first-order valence-electron chi connectivity index (χ1n) is 6.79. The van der Waals surface area contributed by atoms with E-state index in [1.165, 1.54) is 11.1 Å². The van der Waals surface area contributed by atoms with Crippen molar-refractivity contribution in [3.63, 3.8) is 0 Å². The van der Waals surface area contributed by atoms with Crippen LogP contribution in [0, 0.1) is 5.41 Å². The van der Waals surface area contributed by atoms with Crippen molar-refractivity contribution in [2.24, 2.45) is 5.41 Å². The molecular weight excluding hydrogens is 234 g/mol. The summed E-state index contributed by atoms with van der Waals surface area (Å²) in [5.74, 6) is 0. The Hall–Kier alpha value is -1.58. The van der Waals surface area contributed by atoms with Gasteiger partial charge in [0, 0.05) is 18.8 Å². The van der Waals surface area contributed by atoms with Gasteiger partial charge in [-0.15, -0.1) is 0 Å². The Kier molecular flexibility index (Phi) is 2.77. The van der Waals surface area contributed by atoms with Crippen LogP contribution in [0.25, 0.3) is 0 Å². The van der Waals surface area contributed by atoms with Crippen LogP contribution in [0.5, 0.6) is 0 Å². The van der Waals surface area contributed by atoms with Crippen molar-refractivity contribution >= 4 is 0 Å². The fourth-order valence-electron chi connectivity index (χ4n) is 3.95. The molecule has 0 saturated carbocycles. The van der Waals surface area contributed by atoms with Crippen molar-refractivity contribution < 1.29 is 0 Å². The number of nitrogens with one attached hydrogen (secondary N) is 3. The largest absolute Gasteiger partial charge is 0.365 e. The average Bonchev–Trinajstić information content (AvgIpc) is 2.87. The van der Waals surface area contributed by atoms with Gasteiger partial charge in [0.15, 0.2) is 0 Å². The van der Waals surface area contributed by atoms with Gasteiger partial charge < -0.3 is 10.6 Å². The summed E-state index contributed by atoms with van der Waals surface area (Å²) in [5.41, 5.74) is 3.50. The second-order valence-electron chi connectivity index (χ2n) is 5.45. The molecule has 0 aliphatic carbocycles. The maximum atomic E-state index is 4.34. The summed E-state index contributed by atoms with van der Waals surface area (Å²) in [4.78, 5) is 0. The van der Waals surface area contributed by atoms with Crippen LogP contribution < -0.4 is 16.0 Å². The summed E-state index contributed by atoms with van der Waals surface area (Å²) >= 11 is 0. The lowest BCUT2D eigenvalue weighted by Crippen LogP contribution is -2.66. The van der Waals surface area contributed by atoms with Crippen LogP contribution in [-0.4, -0.2) is 25.3 Å². The molecule has 3 heterocycles. The average molecular weight is 255 g/mol. The number of hydrogen-bond donors (Lipinski definition) is 3. The molecule has 0 unspecified atom stereocenters. The molecule has 0 aromatic rings. The predicted molar refractivity (Wildman–Crippen MR) is 79.5 cm³/mol. The maximum Gasteiger partial charge on any atom is 0.115 e. The lowest BCUT2D eigenvalue weighted by Gasteiger charge is -2.45. The Morgan fingerprint density at radius 2 is 1.95 bits per heavy atom. The summed E-state index contributed by atoms with van der Waals surface area (Å²) in [5, 5.41) is 10.8. The zero-order valence-corrected chi connectivity index (χ0v) is 11.3. The van der Waals surface area contributed by atoms with Gasteiger partial charge >= 0.3 is 0 Å². The van der Waals surface area contributed by atoms with Gasteiger partial charge in [0.05, 0.1) is 5.41 Å². The zero-order valence-electron chi connectivity index (χ0n) is 11.3. The molecule has 3 heteroatoms. The summed E-state index contributed by atoms with van der Waals surface area (Å²) in [6.07, 6.45) is 8.93. The Bertz CT molecular complexity index is 514. The molecule has 100 valence electrons. The van der Waals surface area contributed by atoms with E-state index in [4.69, 9.17) is 0 Å². The van der Waals surface area contributed by atoms with Crippen LogP contribution in [0.1, 0.15) is 6.42 Å². The van der Waals surface area contributed by atoms with Gasteiger partial charge in [-0.1, -0.05) is 38.0 Å². The van der Waals surface area contributed by atoms with Crippen molar-refractivity contribution in [1.82, 2.24) is 16.0 Å². The van der Waals surface area contributed by atoms with E-state index in [0.29, 0.717) is 0 Å². The van der Waals surface area contributed by atoms with Crippen LogP contribution in [0.4, 0.5) is 0 Å². The van der Waals surface area contributed by atoms with Gasteiger partial charge in [-0.25, -0.2) is 0 Å². The van der Waals surface area contributed by atoms with Crippen molar-refractivity contribution in [3.05, 3.63) is 60.9 Å². The van der Waals surface area contributed by atoms with E-state index in [0.717, 1.165) is 31.8 Å². The number of allylic oxidation sites excluding steroid dienone is 5. The van der Waals surface area contributed by atoms with Crippen LogP contribution in [0.3, 0.4) is 0 Å². The van der Waals surface area contributed by atoms with Gasteiger partial charge in [-0.2, -0.15) is 0 Å². The Labute approximate surface area is 114 Å². The molecule has 19 heavy (non-hydrogen) atoms. The summed E-state index contributed by atoms with van der Waals surface area (Å²) in [6, 6.07) is 0. The molecule has 2 atom stereocenters. The molecule has 3 rings (SSSR count). The molecule has 3 aliphatic rings. The summed E-state index contributed by atoms with van der Waals surface area (Å²) in [6.45, 7) is 14.8. The Balaban J connectivity index is 2.22. The normalized spacial score (nSPS) is 40.9. The molecule has 3 aliphatic heterocycles. The van der Waals surface area contributed by atoms with Crippen molar-refractivity contribution in [1.29, 1.82) is 0 Å². The lowest BCUT2D eigenvalue weighted by atomic mass is 9.65. The predicted octanol–water partition coefficient (Wildman–Crippen LogP) is 1.61. The van der Waals surface area contributed by atoms with Gasteiger partial charge in [0.1, 0.15) is 5.66 Å². The molecule has 0 aromatic carbocycles. The molecule has 3 nitrogen and oxygen atoms in total. The highest BCUT2D eigenvalue weighted by Gasteiger charge is 2.64. The van der Waals surface area contributed by atoms with E-state index in [-0.39, 0.29) is 11.1 Å². The van der Waals surface area contributed by atoms with E-state index in [2.05, 4.69) is 41.8 Å². The number of piperidine rings is 1. The first-order chi connectivity index (χ1) is 9.20. The highest BCUT2D eigenvalue weighted by molar-refractivity contribution is 5.56. The van der Waals surface area contributed by atoms with Gasteiger partial charge in [-0.05, 0) is 30.2 Å². The standard InChI is InChI=1S/C16H21N3/c1-4-6-13-14(7-5-2)19-16-11-17-10-12(3)15(13,16)8-9-18-16/h4-7,17-19H,1-3,8-11H2/b13-6?,14-7+/t15-,16-/m0/s1. The van der Waals surface area contributed by atoms with E-state index in [1.807, 2.05) is 18.2 Å². The third-order valence-electron chi connectivity index (χ3n) is 4.65. The molecule has 0 spiro atoms.